The molecular formula is C16H23F6N7O2. The number of tetrazole rings is 1. The Morgan fingerprint density at radius 2 is 1.74 bits per heavy atom. The number of likely N-dealkylation sites (tertiary alicyclic amines) is 1. The molecule has 0 bridgehead atoms. The number of aliphatic carboxylic acids is 1. The van der Waals surface area contributed by atoms with E-state index in [0.717, 1.165) is 19.4 Å². The average molecular weight is 459 g/mol. The molecule has 1 unspecified atom stereocenters. The Balaban J connectivity index is 0.000000423. The molecule has 15 heteroatoms. The van der Waals surface area contributed by atoms with Crippen molar-refractivity contribution in [3.8, 4) is 0 Å². The number of hydrogen-bond acceptors (Lipinski definition) is 7. The maximum Gasteiger partial charge on any atom is 0.490 e. The number of alkyl halides is 6. The molecule has 3 heterocycles. The Labute approximate surface area is 173 Å². The van der Waals surface area contributed by atoms with Crippen LogP contribution in [0.2, 0.25) is 0 Å². The summed E-state index contributed by atoms with van der Waals surface area (Å²) in [6, 6.07) is 0. The van der Waals surface area contributed by atoms with E-state index >= 15 is 0 Å². The average Bonchev–Trinajstić information content (AvgIpc) is 3.23. The van der Waals surface area contributed by atoms with Crippen LogP contribution in [0.1, 0.15) is 45.9 Å². The van der Waals surface area contributed by atoms with Crippen molar-refractivity contribution in [2.45, 2.75) is 70.1 Å². The molecule has 0 radical (unpaired) electrons. The Morgan fingerprint density at radius 1 is 1.16 bits per heavy atom. The zero-order chi connectivity index (χ0) is 23.7. The van der Waals surface area contributed by atoms with Crippen LogP contribution >= 0.6 is 0 Å². The number of piperidine rings is 1. The smallest absolute Gasteiger partial charge is 0.475 e. The minimum absolute atomic E-state index is 0.0604. The van der Waals surface area contributed by atoms with Crippen LogP contribution in [0.15, 0.2) is 10.2 Å². The number of hydrogen-bond donors (Lipinski definition) is 1. The number of halogens is 6. The predicted octanol–water partition coefficient (Wildman–Crippen LogP) is 3.39. The molecule has 176 valence electrons. The summed E-state index contributed by atoms with van der Waals surface area (Å²) >= 11 is 0. The molecule has 9 nitrogen and oxygen atoms in total. The first kappa shape index (κ1) is 24.9. The van der Waals surface area contributed by atoms with E-state index in [0.29, 0.717) is 18.9 Å². The van der Waals surface area contributed by atoms with E-state index in [9.17, 15) is 26.3 Å². The van der Waals surface area contributed by atoms with Crippen LogP contribution in [0.4, 0.5) is 26.3 Å². The number of carboxylic acid groups (broad SMARTS) is 1. The third kappa shape index (κ3) is 6.83. The fraction of sp³-hybridized carbons (Fsp3) is 0.875. The van der Waals surface area contributed by atoms with Gasteiger partial charge in [-0.15, -0.1) is 20.4 Å². The zero-order valence-corrected chi connectivity index (χ0v) is 17.1. The van der Waals surface area contributed by atoms with Gasteiger partial charge >= 0.3 is 18.3 Å². The van der Waals surface area contributed by atoms with Crippen molar-refractivity contribution in [3.63, 3.8) is 0 Å². The van der Waals surface area contributed by atoms with E-state index in [2.05, 4.69) is 30.5 Å². The van der Waals surface area contributed by atoms with Crippen molar-refractivity contribution in [2.75, 3.05) is 13.1 Å². The maximum atomic E-state index is 13.0. The van der Waals surface area contributed by atoms with Gasteiger partial charge in [-0.2, -0.15) is 31.1 Å². The molecular weight excluding hydrogens is 436 g/mol. The normalized spacial score (nSPS) is 21.4. The minimum Gasteiger partial charge on any atom is -0.475 e. The van der Waals surface area contributed by atoms with Gasteiger partial charge in [0.05, 0.1) is 12.1 Å². The highest BCUT2D eigenvalue weighted by Crippen LogP contribution is 2.49. The van der Waals surface area contributed by atoms with Gasteiger partial charge in [0.25, 0.3) is 5.66 Å². The molecule has 1 N–H and O–H groups in total. The summed E-state index contributed by atoms with van der Waals surface area (Å²) in [6.07, 6.45) is -7.91. The lowest BCUT2D eigenvalue weighted by atomic mass is 9.89. The monoisotopic (exact) mass is 459 g/mol. The van der Waals surface area contributed by atoms with E-state index in [-0.39, 0.29) is 17.9 Å². The van der Waals surface area contributed by atoms with Gasteiger partial charge < -0.3 is 5.11 Å². The van der Waals surface area contributed by atoms with Gasteiger partial charge in [0.15, 0.2) is 5.82 Å². The molecule has 3 rings (SSSR count). The van der Waals surface area contributed by atoms with Gasteiger partial charge in [-0.05, 0) is 51.3 Å². The van der Waals surface area contributed by atoms with Crippen LogP contribution in [-0.2, 0) is 16.9 Å². The predicted molar refractivity (Wildman–Crippen MR) is 92.8 cm³/mol. The molecule has 0 saturated carbocycles. The quantitative estimate of drug-likeness (QED) is 0.692. The number of aromatic nitrogens is 4. The van der Waals surface area contributed by atoms with Crippen LogP contribution in [-0.4, -0.2) is 67.3 Å². The molecule has 31 heavy (non-hydrogen) atoms. The van der Waals surface area contributed by atoms with Gasteiger partial charge in [-0.25, -0.2) is 4.79 Å². The molecule has 1 aromatic rings. The third-order valence-electron chi connectivity index (χ3n) is 4.63. The third-order valence-corrected chi connectivity index (χ3v) is 4.63. The van der Waals surface area contributed by atoms with E-state index in [1.165, 1.54) is 0 Å². The minimum atomic E-state index is -5.08. The Bertz CT molecular complexity index is 794. The molecule has 1 atom stereocenters. The van der Waals surface area contributed by atoms with Crippen molar-refractivity contribution in [1.82, 2.24) is 25.1 Å². The van der Waals surface area contributed by atoms with Crippen molar-refractivity contribution < 1.29 is 36.2 Å². The fourth-order valence-corrected chi connectivity index (χ4v) is 3.03. The first-order valence-corrected chi connectivity index (χ1v) is 9.36. The summed E-state index contributed by atoms with van der Waals surface area (Å²) in [6.45, 7) is 7.85. The SMILES string of the molecule is CC(C)(C)n1nnc(CN2CCCC(CC3(C(F)(F)F)N=N3)C2)n1.O=C(O)C(F)(F)F. The van der Waals surface area contributed by atoms with Gasteiger partial charge in [-0.1, -0.05) is 0 Å². The topological polar surface area (TPSA) is 109 Å². The van der Waals surface area contributed by atoms with Gasteiger partial charge in [0, 0.05) is 13.0 Å². The van der Waals surface area contributed by atoms with Gasteiger partial charge in [0.2, 0.25) is 0 Å². The standard InChI is InChI=1S/C14H22F3N7.C2HF3O2/c1-12(2,3)24-19-11(18-22-24)9-23-6-4-5-10(8-23)7-13(20-21-13)14(15,16)17;3-2(4,5)1(6)7/h10H,4-9H2,1-3H3;(H,6,7). The number of nitrogens with zero attached hydrogens (tertiary/aromatic N) is 7. The summed E-state index contributed by atoms with van der Waals surface area (Å²) in [7, 11) is 0. The van der Waals surface area contributed by atoms with Crippen molar-refractivity contribution in [1.29, 1.82) is 0 Å². The summed E-state index contributed by atoms with van der Waals surface area (Å²) < 4.78 is 70.7. The lowest BCUT2D eigenvalue weighted by molar-refractivity contribution is -0.192. The second-order valence-electron chi connectivity index (χ2n) is 8.43. The molecule has 1 saturated heterocycles. The van der Waals surface area contributed by atoms with Gasteiger partial charge in [0.1, 0.15) is 0 Å². The Morgan fingerprint density at radius 3 is 2.16 bits per heavy atom. The zero-order valence-electron chi connectivity index (χ0n) is 17.1. The lowest BCUT2D eigenvalue weighted by Gasteiger charge is -2.33. The first-order valence-electron chi connectivity index (χ1n) is 9.36. The molecule has 1 aromatic heterocycles. The summed E-state index contributed by atoms with van der Waals surface area (Å²) in [5.74, 6) is -2.24. The largest absolute Gasteiger partial charge is 0.490 e. The summed E-state index contributed by atoms with van der Waals surface area (Å²) in [5.41, 5.74) is -2.39. The van der Waals surface area contributed by atoms with Gasteiger partial charge in [-0.3, -0.25) is 4.90 Å². The van der Waals surface area contributed by atoms with E-state index < -0.39 is 24.0 Å². The van der Waals surface area contributed by atoms with Crippen molar-refractivity contribution >= 4 is 5.97 Å². The molecule has 0 amide bonds. The second-order valence-corrected chi connectivity index (χ2v) is 8.43. The molecule has 0 aliphatic carbocycles. The molecule has 0 aromatic carbocycles. The van der Waals surface area contributed by atoms with E-state index in [4.69, 9.17) is 9.90 Å². The van der Waals surface area contributed by atoms with Crippen molar-refractivity contribution in [2.24, 2.45) is 16.1 Å². The Kier molecular flexibility index (Phi) is 6.97. The fourth-order valence-electron chi connectivity index (χ4n) is 3.03. The summed E-state index contributed by atoms with van der Waals surface area (Å²) in [5, 5.41) is 26.1. The molecule has 2 aliphatic heterocycles. The molecule has 0 spiro atoms. The lowest BCUT2D eigenvalue weighted by Crippen LogP contribution is -2.41. The van der Waals surface area contributed by atoms with Crippen LogP contribution in [0.5, 0.6) is 0 Å². The highest BCUT2D eigenvalue weighted by Gasteiger charge is 2.64. The first-order chi connectivity index (χ1) is 14.0. The Hall–Kier alpha value is -2.32. The van der Waals surface area contributed by atoms with Crippen molar-refractivity contribution in [3.05, 3.63) is 5.82 Å². The van der Waals surface area contributed by atoms with Crippen LogP contribution in [0.3, 0.4) is 0 Å². The van der Waals surface area contributed by atoms with Crippen LogP contribution in [0.25, 0.3) is 0 Å². The molecule has 1 fully saturated rings. The van der Waals surface area contributed by atoms with E-state index in [1.807, 2.05) is 20.8 Å². The van der Waals surface area contributed by atoms with E-state index in [1.54, 1.807) is 4.80 Å². The van der Waals surface area contributed by atoms with Crippen LogP contribution < -0.4 is 0 Å². The number of carboxylic acids is 1. The summed E-state index contributed by atoms with van der Waals surface area (Å²) in [4.78, 5) is 12.5. The molecule has 2 aliphatic rings. The maximum absolute atomic E-state index is 13.0. The second kappa shape index (κ2) is 8.67. The van der Waals surface area contributed by atoms with Crippen LogP contribution in [0, 0.1) is 5.92 Å². The number of rotatable bonds is 4. The highest BCUT2D eigenvalue weighted by molar-refractivity contribution is 5.73. The highest BCUT2D eigenvalue weighted by atomic mass is 19.4. The number of carbonyl (C=O) groups is 1.